The molecule has 0 aliphatic heterocycles. The highest BCUT2D eigenvalue weighted by Gasteiger charge is 2.13. The Bertz CT molecular complexity index is 740. The van der Waals surface area contributed by atoms with Crippen molar-refractivity contribution in [2.45, 2.75) is 6.92 Å². The van der Waals surface area contributed by atoms with E-state index in [9.17, 15) is 9.59 Å². The van der Waals surface area contributed by atoms with Crippen molar-refractivity contribution < 1.29 is 14.3 Å². The van der Waals surface area contributed by atoms with E-state index in [4.69, 9.17) is 4.74 Å². The van der Waals surface area contributed by atoms with Gasteiger partial charge in [-0.15, -0.1) is 0 Å². The monoisotopic (exact) mass is 420 g/mol. The van der Waals surface area contributed by atoms with Gasteiger partial charge in [0.25, 0.3) is 5.91 Å². The molecule has 0 radical (unpaired) electrons. The van der Waals surface area contributed by atoms with Gasteiger partial charge in [0, 0.05) is 30.7 Å². The smallest absolute Gasteiger partial charge is 0.255 e. The molecule has 8 heteroatoms. The predicted octanol–water partition coefficient (Wildman–Crippen LogP) is 2.20. The first-order chi connectivity index (χ1) is 12.6. The summed E-state index contributed by atoms with van der Waals surface area (Å²) in [5, 5.41) is 8.49. The number of aromatic nitrogens is 1. The van der Waals surface area contributed by atoms with Crippen LogP contribution < -0.4 is 20.7 Å². The molecule has 0 atom stereocenters. The quantitative estimate of drug-likeness (QED) is 0.540. The Morgan fingerprint density at radius 1 is 1.12 bits per heavy atom. The number of nitrogens with zero attached hydrogens (tertiary/aromatic N) is 1. The number of rotatable bonds is 9. The van der Waals surface area contributed by atoms with E-state index in [2.05, 4.69) is 36.9 Å². The molecule has 0 fully saturated rings. The number of carbonyl (C=O) groups excluding carboxylic acids is 2. The van der Waals surface area contributed by atoms with Gasteiger partial charge in [0.2, 0.25) is 5.91 Å². The molecule has 0 saturated heterocycles. The van der Waals surface area contributed by atoms with Crippen molar-refractivity contribution in [3.8, 4) is 5.75 Å². The van der Waals surface area contributed by atoms with E-state index in [-0.39, 0.29) is 11.8 Å². The van der Waals surface area contributed by atoms with Crippen LogP contribution >= 0.6 is 15.9 Å². The van der Waals surface area contributed by atoms with Crippen LogP contribution in [0.25, 0.3) is 0 Å². The van der Waals surface area contributed by atoms with Crippen molar-refractivity contribution in [3.63, 3.8) is 0 Å². The topological polar surface area (TPSA) is 92.4 Å². The number of benzene rings is 1. The molecule has 7 nitrogen and oxygen atoms in total. The maximum atomic E-state index is 12.4. The van der Waals surface area contributed by atoms with Crippen molar-refractivity contribution in [2.75, 3.05) is 31.6 Å². The van der Waals surface area contributed by atoms with Gasteiger partial charge in [-0.05, 0) is 34.1 Å². The van der Waals surface area contributed by atoms with Crippen molar-refractivity contribution in [2.24, 2.45) is 0 Å². The van der Waals surface area contributed by atoms with Crippen LogP contribution in [-0.2, 0) is 4.79 Å². The second kappa shape index (κ2) is 10.4. The van der Waals surface area contributed by atoms with Gasteiger partial charge in [0.15, 0.2) is 0 Å². The average Bonchev–Trinajstić information content (AvgIpc) is 2.64. The molecular formula is C18H21BrN4O3. The van der Waals surface area contributed by atoms with Gasteiger partial charge in [0.1, 0.15) is 18.2 Å². The highest BCUT2D eigenvalue weighted by atomic mass is 79.9. The minimum absolute atomic E-state index is 0.135. The summed E-state index contributed by atoms with van der Waals surface area (Å²) in [6.07, 6.45) is 1.62. The zero-order valence-electron chi connectivity index (χ0n) is 14.4. The number of para-hydroxylation sites is 1. The number of ether oxygens (including phenoxy) is 1. The van der Waals surface area contributed by atoms with Gasteiger partial charge < -0.3 is 20.7 Å². The lowest BCUT2D eigenvalue weighted by Crippen LogP contribution is -2.34. The average molecular weight is 421 g/mol. The maximum absolute atomic E-state index is 12.4. The van der Waals surface area contributed by atoms with Crippen LogP contribution in [0, 0.1) is 0 Å². The van der Waals surface area contributed by atoms with E-state index in [1.54, 1.807) is 12.3 Å². The Morgan fingerprint density at radius 2 is 1.85 bits per heavy atom. The number of pyridine rings is 1. The number of amides is 2. The third-order valence-corrected chi connectivity index (χ3v) is 3.72. The summed E-state index contributed by atoms with van der Waals surface area (Å²) in [5.41, 5.74) is 0.418. The van der Waals surface area contributed by atoms with Gasteiger partial charge in [-0.1, -0.05) is 18.2 Å². The molecule has 0 spiro atoms. The summed E-state index contributed by atoms with van der Waals surface area (Å²) in [7, 11) is 0. The Labute approximate surface area is 160 Å². The number of hydrogen-bond acceptors (Lipinski definition) is 5. The zero-order chi connectivity index (χ0) is 18.8. The Kier molecular flexibility index (Phi) is 7.88. The maximum Gasteiger partial charge on any atom is 0.255 e. The summed E-state index contributed by atoms with van der Waals surface area (Å²) in [6, 6.07) is 11.2. The fraction of sp³-hybridized carbons (Fsp3) is 0.278. The summed E-state index contributed by atoms with van der Waals surface area (Å²) in [6.45, 7) is 3.07. The van der Waals surface area contributed by atoms with Crippen LogP contribution in [0.15, 0.2) is 47.1 Å². The van der Waals surface area contributed by atoms with E-state index in [0.717, 1.165) is 5.75 Å². The highest BCUT2D eigenvalue weighted by molar-refractivity contribution is 9.10. The third kappa shape index (κ3) is 6.72. The van der Waals surface area contributed by atoms with Crippen molar-refractivity contribution in [3.05, 3.63) is 52.6 Å². The standard InChI is InChI=1S/C18H21BrN4O3/c1-13(24)20-7-8-22-18(25)16-11-14(19)12-23-17(16)21-9-10-26-15-5-3-2-4-6-15/h2-6,11-12H,7-10H2,1H3,(H,20,24)(H,21,23)(H,22,25). The molecule has 0 bridgehead atoms. The normalized spacial score (nSPS) is 10.1. The van der Waals surface area contributed by atoms with Crippen LogP contribution in [0.2, 0.25) is 0 Å². The molecule has 2 amide bonds. The third-order valence-electron chi connectivity index (χ3n) is 3.29. The summed E-state index contributed by atoms with van der Waals surface area (Å²) < 4.78 is 6.32. The molecule has 0 aliphatic rings. The van der Waals surface area contributed by atoms with Crippen LogP contribution in [0.3, 0.4) is 0 Å². The number of carbonyl (C=O) groups is 2. The minimum atomic E-state index is -0.268. The second-order valence-electron chi connectivity index (χ2n) is 5.38. The van der Waals surface area contributed by atoms with E-state index < -0.39 is 0 Å². The fourth-order valence-corrected chi connectivity index (χ4v) is 2.45. The lowest BCUT2D eigenvalue weighted by molar-refractivity contribution is -0.118. The molecule has 1 aromatic carbocycles. The molecular weight excluding hydrogens is 400 g/mol. The summed E-state index contributed by atoms with van der Waals surface area (Å²) in [4.78, 5) is 27.5. The van der Waals surface area contributed by atoms with Gasteiger partial charge in [-0.3, -0.25) is 9.59 Å². The molecule has 1 heterocycles. The second-order valence-corrected chi connectivity index (χ2v) is 6.29. The van der Waals surface area contributed by atoms with E-state index in [0.29, 0.717) is 42.1 Å². The molecule has 2 aromatic rings. The largest absolute Gasteiger partial charge is 0.492 e. The first-order valence-corrected chi connectivity index (χ1v) is 8.95. The van der Waals surface area contributed by atoms with Gasteiger partial charge in [0.05, 0.1) is 12.1 Å². The predicted molar refractivity (Wildman–Crippen MR) is 103 cm³/mol. The Hall–Kier alpha value is -2.61. The number of halogens is 1. The first kappa shape index (κ1) is 19.7. The van der Waals surface area contributed by atoms with Crippen LogP contribution in [0.5, 0.6) is 5.75 Å². The Balaban J connectivity index is 1.87. The zero-order valence-corrected chi connectivity index (χ0v) is 16.0. The van der Waals surface area contributed by atoms with Crippen molar-refractivity contribution in [1.82, 2.24) is 15.6 Å². The minimum Gasteiger partial charge on any atom is -0.492 e. The fourth-order valence-electron chi connectivity index (χ4n) is 2.12. The number of hydrogen-bond donors (Lipinski definition) is 3. The van der Waals surface area contributed by atoms with Crippen LogP contribution in [-0.4, -0.2) is 43.0 Å². The highest BCUT2D eigenvalue weighted by Crippen LogP contribution is 2.18. The Morgan fingerprint density at radius 3 is 2.58 bits per heavy atom. The molecule has 26 heavy (non-hydrogen) atoms. The van der Waals surface area contributed by atoms with Crippen molar-refractivity contribution in [1.29, 1.82) is 0 Å². The number of anilines is 1. The van der Waals surface area contributed by atoms with E-state index in [1.165, 1.54) is 6.92 Å². The van der Waals surface area contributed by atoms with E-state index in [1.807, 2.05) is 30.3 Å². The van der Waals surface area contributed by atoms with Crippen LogP contribution in [0.4, 0.5) is 5.82 Å². The number of nitrogens with one attached hydrogen (secondary N) is 3. The summed E-state index contributed by atoms with van der Waals surface area (Å²) in [5.74, 6) is 0.857. The SMILES string of the molecule is CC(=O)NCCNC(=O)c1cc(Br)cnc1NCCOc1ccccc1. The molecule has 1 aromatic heterocycles. The van der Waals surface area contributed by atoms with Gasteiger partial charge in [-0.25, -0.2) is 4.98 Å². The molecule has 0 aliphatic carbocycles. The summed E-state index contributed by atoms with van der Waals surface area (Å²) >= 11 is 3.33. The van der Waals surface area contributed by atoms with E-state index >= 15 is 0 Å². The molecule has 138 valence electrons. The lowest BCUT2D eigenvalue weighted by Gasteiger charge is -2.12. The molecule has 3 N–H and O–H groups in total. The van der Waals surface area contributed by atoms with Gasteiger partial charge in [-0.2, -0.15) is 0 Å². The lowest BCUT2D eigenvalue weighted by atomic mass is 10.2. The first-order valence-electron chi connectivity index (χ1n) is 8.16. The molecule has 2 rings (SSSR count). The van der Waals surface area contributed by atoms with Crippen molar-refractivity contribution >= 4 is 33.6 Å². The van der Waals surface area contributed by atoms with Gasteiger partial charge >= 0.3 is 0 Å². The van der Waals surface area contributed by atoms with Crippen LogP contribution in [0.1, 0.15) is 17.3 Å². The molecule has 0 unspecified atom stereocenters. The molecule has 0 saturated carbocycles.